The normalized spacial score (nSPS) is 17.0. The standard InChI is InChI=1S/C19H25N3O4/c1-2-24-14-18(23)22-11-6-9-16(22)19-20-17(21-26-19)10-12-25-13-15-7-4-3-5-8-15/h3-5,7-8,16H,2,6,9-14H2,1H3. The van der Waals surface area contributed by atoms with Crippen LogP contribution in [0.25, 0.3) is 0 Å². The number of nitrogens with zero attached hydrogens (tertiary/aromatic N) is 3. The first kappa shape index (κ1) is 18.5. The Morgan fingerprint density at radius 3 is 2.96 bits per heavy atom. The molecular weight excluding hydrogens is 334 g/mol. The summed E-state index contributed by atoms with van der Waals surface area (Å²) in [4.78, 5) is 18.5. The summed E-state index contributed by atoms with van der Waals surface area (Å²) in [7, 11) is 0. The summed E-state index contributed by atoms with van der Waals surface area (Å²) in [5.74, 6) is 1.09. The van der Waals surface area contributed by atoms with Crippen LogP contribution < -0.4 is 0 Å². The molecule has 1 atom stereocenters. The Hall–Kier alpha value is -2.25. The lowest BCUT2D eigenvalue weighted by Crippen LogP contribution is -2.33. The van der Waals surface area contributed by atoms with Gasteiger partial charge in [-0.15, -0.1) is 0 Å². The number of aromatic nitrogens is 2. The minimum atomic E-state index is -0.144. The second kappa shape index (κ2) is 9.45. The zero-order valence-electron chi connectivity index (χ0n) is 15.1. The molecule has 26 heavy (non-hydrogen) atoms. The molecule has 7 heteroatoms. The van der Waals surface area contributed by atoms with Crippen LogP contribution in [0.4, 0.5) is 0 Å². The molecule has 0 aliphatic carbocycles. The Bertz CT molecular complexity index is 689. The first-order valence-corrected chi connectivity index (χ1v) is 9.09. The van der Waals surface area contributed by atoms with E-state index in [1.54, 1.807) is 4.90 Å². The fraction of sp³-hybridized carbons (Fsp3) is 0.526. The number of likely N-dealkylation sites (tertiary alicyclic amines) is 1. The zero-order chi connectivity index (χ0) is 18.2. The highest BCUT2D eigenvalue weighted by Gasteiger charge is 2.33. The number of ether oxygens (including phenoxy) is 2. The van der Waals surface area contributed by atoms with Crippen molar-refractivity contribution in [2.45, 2.75) is 38.8 Å². The molecule has 7 nitrogen and oxygen atoms in total. The Balaban J connectivity index is 1.48. The van der Waals surface area contributed by atoms with Crippen molar-refractivity contribution < 1.29 is 18.8 Å². The minimum absolute atomic E-state index is 0.0275. The van der Waals surface area contributed by atoms with Gasteiger partial charge in [0.1, 0.15) is 12.6 Å². The molecule has 0 saturated carbocycles. The van der Waals surface area contributed by atoms with Crippen molar-refractivity contribution in [3.63, 3.8) is 0 Å². The molecule has 1 aliphatic heterocycles. The van der Waals surface area contributed by atoms with Crippen molar-refractivity contribution in [3.8, 4) is 0 Å². The third-order valence-corrected chi connectivity index (χ3v) is 4.35. The van der Waals surface area contributed by atoms with Crippen LogP contribution in [0, 0.1) is 0 Å². The fourth-order valence-electron chi connectivity index (χ4n) is 3.03. The van der Waals surface area contributed by atoms with E-state index in [2.05, 4.69) is 10.1 Å². The summed E-state index contributed by atoms with van der Waals surface area (Å²) in [6.07, 6.45) is 2.35. The first-order valence-electron chi connectivity index (χ1n) is 9.09. The molecule has 2 aromatic rings. The number of hydrogen-bond donors (Lipinski definition) is 0. The lowest BCUT2D eigenvalue weighted by atomic mass is 10.2. The summed E-state index contributed by atoms with van der Waals surface area (Å²) in [5, 5.41) is 4.03. The largest absolute Gasteiger partial charge is 0.376 e. The predicted octanol–water partition coefficient (Wildman–Crippen LogP) is 2.53. The third-order valence-electron chi connectivity index (χ3n) is 4.35. The van der Waals surface area contributed by atoms with Gasteiger partial charge in [0.15, 0.2) is 5.82 Å². The number of rotatable bonds is 9. The molecule has 1 amide bonds. The first-order chi connectivity index (χ1) is 12.8. The lowest BCUT2D eigenvalue weighted by molar-refractivity contribution is -0.137. The van der Waals surface area contributed by atoms with Gasteiger partial charge >= 0.3 is 0 Å². The van der Waals surface area contributed by atoms with Crippen molar-refractivity contribution in [2.24, 2.45) is 0 Å². The summed E-state index contributed by atoms with van der Waals surface area (Å²) in [6, 6.07) is 9.88. The molecular formula is C19H25N3O4. The van der Waals surface area contributed by atoms with Gasteiger partial charge < -0.3 is 18.9 Å². The van der Waals surface area contributed by atoms with Crippen LogP contribution in [0.15, 0.2) is 34.9 Å². The van der Waals surface area contributed by atoms with E-state index in [0.717, 1.165) is 18.4 Å². The third kappa shape index (κ3) is 4.89. The van der Waals surface area contributed by atoms with Crippen LogP contribution in [0.1, 0.15) is 43.1 Å². The highest BCUT2D eigenvalue weighted by Crippen LogP contribution is 2.30. The molecule has 0 bridgehead atoms. The van der Waals surface area contributed by atoms with Crippen LogP contribution in [0.5, 0.6) is 0 Å². The molecule has 3 rings (SSSR count). The predicted molar refractivity (Wildman–Crippen MR) is 94.3 cm³/mol. The topological polar surface area (TPSA) is 77.7 Å². The number of carbonyl (C=O) groups is 1. The van der Waals surface area contributed by atoms with E-state index in [4.69, 9.17) is 14.0 Å². The maximum atomic E-state index is 12.2. The van der Waals surface area contributed by atoms with Gasteiger partial charge in [-0.25, -0.2) is 0 Å². The van der Waals surface area contributed by atoms with Gasteiger partial charge in [0.25, 0.3) is 0 Å². The Kier molecular flexibility index (Phi) is 6.74. The smallest absolute Gasteiger partial charge is 0.249 e. The summed E-state index contributed by atoms with van der Waals surface area (Å²) in [6.45, 7) is 4.28. The Morgan fingerprint density at radius 2 is 2.15 bits per heavy atom. The van der Waals surface area contributed by atoms with E-state index in [0.29, 0.717) is 44.5 Å². The second-order valence-electron chi connectivity index (χ2n) is 6.22. The number of hydrogen-bond acceptors (Lipinski definition) is 6. The molecule has 0 radical (unpaired) electrons. The monoisotopic (exact) mass is 359 g/mol. The average molecular weight is 359 g/mol. The van der Waals surface area contributed by atoms with Crippen LogP contribution in [-0.4, -0.2) is 47.3 Å². The van der Waals surface area contributed by atoms with Crippen molar-refractivity contribution in [3.05, 3.63) is 47.6 Å². The fourth-order valence-corrected chi connectivity index (χ4v) is 3.03. The quantitative estimate of drug-likeness (QED) is 0.640. The van der Waals surface area contributed by atoms with Gasteiger partial charge in [-0.05, 0) is 25.3 Å². The van der Waals surface area contributed by atoms with Crippen LogP contribution >= 0.6 is 0 Å². The molecule has 0 spiro atoms. The molecule has 0 N–H and O–H groups in total. The van der Waals surface area contributed by atoms with Crippen LogP contribution in [-0.2, 0) is 27.3 Å². The summed E-state index contributed by atoms with van der Waals surface area (Å²) in [5.41, 5.74) is 1.13. The van der Waals surface area contributed by atoms with Gasteiger partial charge in [0, 0.05) is 19.6 Å². The highest BCUT2D eigenvalue weighted by atomic mass is 16.5. The minimum Gasteiger partial charge on any atom is -0.376 e. The highest BCUT2D eigenvalue weighted by molar-refractivity contribution is 5.78. The molecule has 1 unspecified atom stereocenters. The van der Waals surface area contributed by atoms with E-state index in [1.165, 1.54) is 0 Å². The van der Waals surface area contributed by atoms with Gasteiger partial charge in [0.05, 0.1) is 13.2 Å². The maximum absolute atomic E-state index is 12.2. The number of amides is 1. The maximum Gasteiger partial charge on any atom is 0.249 e. The van der Waals surface area contributed by atoms with Crippen molar-refractivity contribution in [2.75, 3.05) is 26.4 Å². The molecule has 140 valence electrons. The van der Waals surface area contributed by atoms with Crippen molar-refractivity contribution in [1.29, 1.82) is 0 Å². The zero-order valence-corrected chi connectivity index (χ0v) is 15.1. The van der Waals surface area contributed by atoms with Crippen LogP contribution in [0.2, 0.25) is 0 Å². The van der Waals surface area contributed by atoms with Crippen molar-refractivity contribution in [1.82, 2.24) is 15.0 Å². The van der Waals surface area contributed by atoms with Crippen LogP contribution in [0.3, 0.4) is 0 Å². The molecule has 1 fully saturated rings. The summed E-state index contributed by atoms with van der Waals surface area (Å²) >= 11 is 0. The van der Waals surface area contributed by atoms with E-state index in [-0.39, 0.29) is 18.6 Å². The Morgan fingerprint density at radius 1 is 1.31 bits per heavy atom. The van der Waals surface area contributed by atoms with Gasteiger partial charge in [-0.3, -0.25) is 4.79 Å². The molecule has 1 aromatic carbocycles. The molecule has 1 aliphatic rings. The van der Waals surface area contributed by atoms with E-state index < -0.39 is 0 Å². The second-order valence-corrected chi connectivity index (χ2v) is 6.22. The summed E-state index contributed by atoms with van der Waals surface area (Å²) < 4.78 is 16.3. The van der Waals surface area contributed by atoms with E-state index in [9.17, 15) is 4.79 Å². The molecule has 1 saturated heterocycles. The average Bonchev–Trinajstić information content (AvgIpc) is 3.33. The van der Waals surface area contributed by atoms with Gasteiger partial charge in [0.2, 0.25) is 11.8 Å². The number of benzene rings is 1. The molecule has 2 heterocycles. The Labute approximate surface area is 153 Å². The van der Waals surface area contributed by atoms with E-state index >= 15 is 0 Å². The van der Waals surface area contributed by atoms with Gasteiger partial charge in [-0.2, -0.15) is 4.98 Å². The van der Waals surface area contributed by atoms with E-state index in [1.807, 2.05) is 37.3 Å². The van der Waals surface area contributed by atoms with Crippen molar-refractivity contribution >= 4 is 5.91 Å². The SMILES string of the molecule is CCOCC(=O)N1CCCC1c1nc(CCOCc2ccccc2)no1. The molecule has 1 aromatic heterocycles. The van der Waals surface area contributed by atoms with Gasteiger partial charge in [-0.1, -0.05) is 35.5 Å². The lowest BCUT2D eigenvalue weighted by Gasteiger charge is -2.21. The number of carbonyl (C=O) groups excluding carboxylic acids is 1.